The second kappa shape index (κ2) is 10.0. The number of nitrogens with zero attached hydrogens (tertiary/aromatic N) is 1. The number of carbonyl (C=O) groups is 1. The summed E-state index contributed by atoms with van der Waals surface area (Å²) >= 11 is 0. The van der Waals surface area contributed by atoms with E-state index >= 15 is 0 Å². The third-order valence-electron chi connectivity index (χ3n) is 6.49. The van der Waals surface area contributed by atoms with Crippen molar-refractivity contribution in [3.8, 4) is 0 Å². The Hall–Kier alpha value is -0.650. The van der Waals surface area contributed by atoms with Crippen LogP contribution in [-0.4, -0.2) is 61.9 Å². The maximum absolute atomic E-state index is 12.3. The Morgan fingerprint density at radius 2 is 1.92 bits per heavy atom. The Labute approximate surface area is 159 Å². The monoisotopic (exact) mass is 366 g/mol. The van der Waals surface area contributed by atoms with Crippen molar-refractivity contribution in [2.24, 2.45) is 5.92 Å². The van der Waals surface area contributed by atoms with Crippen LogP contribution in [0.5, 0.6) is 0 Å². The number of hydrogen-bond acceptors (Lipinski definition) is 4. The lowest BCUT2D eigenvalue weighted by Crippen LogP contribution is -2.43. The Morgan fingerprint density at radius 1 is 1.15 bits per heavy atom. The van der Waals surface area contributed by atoms with Crippen molar-refractivity contribution in [3.63, 3.8) is 0 Å². The minimum absolute atomic E-state index is 0.188. The third-order valence-corrected chi connectivity index (χ3v) is 6.49. The summed E-state index contributed by atoms with van der Waals surface area (Å²) in [6.07, 6.45) is 12.4. The molecule has 3 fully saturated rings. The topological polar surface area (TPSA) is 50.8 Å². The van der Waals surface area contributed by atoms with Gasteiger partial charge in [0.2, 0.25) is 5.91 Å². The maximum atomic E-state index is 12.3. The SMILES string of the molecule is CCOCCCNC(=O)C1CCN(C[C@H]2CCC3(CCCCC3)O2)CC1. The molecule has 0 bridgehead atoms. The molecular formula is C21H38N2O3. The van der Waals surface area contributed by atoms with Gasteiger partial charge in [-0.1, -0.05) is 19.3 Å². The number of amides is 1. The standard InChI is InChI=1S/C21H38N2O3/c1-2-25-16-6-13-22-20(24)18-8-14-23(15-9-18)17-19-7-12-21(26-19)10-4-3-5-11-21/h18-19H,2-17H2,1H3,(H,22,24)/t19-/m1/s1. The molecule has 3 rings (SSSR count). The number of ether oxygens (including phenoxy) is 2. The van der Waals surface area contributed by atoms with E-state index in [9.17, 15) is 4.79 Å². The zero-order valence-electron chi connectivity index (χ0n) is 16.6. The van der Waals surface area contributed by atoms with Gasteiger partial charge in [-0.05, 0) is 65.0 Å². The van der Waals surface area contributed by atoms with Crippen LogP contribution in [0.1, 0.15) is 71.1 Å². The van der Waals surface area contributed by atoms with Gasteiger partial charge in [-0.15, -0.1) is 0 Å². The van der Waals surface area contributed by atoms with Gasteiger partial charge in [0.25, 0.3) is 0 Å². The number of rotatable bonds is 8. The van der Waals surface area contributed by atoms with Crippen molar-refractivity contribution in [2.45, 2.75) is 82.8 Å². The van der Waals surface area contributed by atoms with Crippen molar-refractivity contribution in [1.29, 1.82) is 0 Å². The normalized spacial score (nSPS) is 27.0. The first-order chi connectivity index (χ1) is 12.7. The first-order valence-electron chi connectivity index (χ1n) is 11.0. The van der Waals surface area contributed by atoms with E-state index in [0.717, 1.165) is 58.7 Å². The van der Waals surface area contributed by atoms with E-state index in [-0.39, 0.29) is 17.4 Å². The molecule has 5 heteroatoms. The van der Waals surface area contributed by atoms with Crippen LogP contribution in [0.25, 0.3) is 0 Å². The molecule has 26 heavy (non-hydrogen) atoms. The van der Waals surface area contributed by atoms with Crippen LogP contribution in [0.3, 0.4) is 0 Å². The Bertz CT molecular complexity index is 429. The Kier molecular flexibility index (Phi) is 7.77. The molecule has 5 nitrogen and oxygen atoms in total. The van der Waals surface area contributed by atoms with E-state index in [4.69, 9.17) is 9.47 Å². The summed E-state index contributed by atoms with van der Waals surface area (Å²) in [5.41, 5.74) is 0.225. The van der Waals surface area contributed by atoms with Crippen molar-refractivity contribution in [3.05, 3.63) is 0 Å². The number of carbonyl (C=O) groups excluding carboxylic acids is 1. The molecule has 0 radical (unpaired) electrons. The van der Waals surface area contributed by atoms with Gasteiger partial charge in [-0.25, -0.2) is 0 Å². The summed E-state index contributed by atoms with van der Waals surface area (Å²) in [4.78, 5) is 14.8. The summed E-state index contributed by atoms with van der Waals surface area (Å²) in [6, 6.07) is 0. The van der Waals surface area contributed by atoms with Crippen molar-refractivity contribution >= 4 is 5.91 Å². The summed E-state index contributed by atoms with van der Waals surface area (Å²) in [5, 5.41) is 3.08. The van der Waals surface area contributed by atoms with Gasteiger partial charge in [0.1, 0.15) is 0 Å². The van der Waals surface area contributed by atoms with Crippen molar-refractivity contribution in [2.75, 3.05) is 39.4 Å². The maximum Gasteiger partial charge on any atom is 0.223 e. The smallest absolute Gasteiger partial charge is 0.223 e. The minimum Gasteiger partial charge on any atom is -0.382 e. The molecule has 1 atom stereocenters. The molecule has 0 aromatic heterocycles. The van der Waals surface area contributed by atoms with Crippen LogP contribution < -0.4 is 5.32 Å². The van der Waals surface area contributed by atoms with E-state index in [1.54, 1.807) is 0 Å². The molecule has 1 aliphatic carbocycles. The fourth-order valence-electron chi connectivity index (χ4n) is 4.93. The first-order valence-corrected chi connectivity index (χ1v) is 11.0. The molecule has 0 unspecified atom stereocenters. The number of likely N-dealkylation sites (tertiary alicyclic amines) is 1. The lowest BCUT2D eigenvalue weighted by Gasteiger charge is -2.36. The molecule has 1 N–H and O–H groups in total. The molecule has 0 aromatic carbocycles. The van der Waals surface area contributed by atoms with Crippen LogP contribution in [0.2, 0.25) is 0 Å². The lowest BCUT2D eigenvalue weighted by molar-refractivity contribution is -0.126. The average molecular weight is 367 g/mol. The second-order valence-electron chi connectivity index (χ2n) is 8.44. The largest absolute Gasteiger partial charge is 0.382 e. The highest BCUT2D eigenvalue weighted by atomic mass is 16.5. The van der Waals surface area contributed by atoms with Crippen LogP contribution in [0, 0.1) is 5.92 Å². The molecular weight excluding hydrogens is 328 g/mol. The van der Waals surface area contributed by atoms with Crippen LogP contribution in [0.4, 0.5) is 0 Å². The summed E-state index contributed by atoms with van der Waals surface area (Å²) < 4.78 is 11.8. The highest BCUT2D eigenvalue weighted by Crippen LogP contribution is 2.42. The molecule has 2 saturated heterocycles. The lowest BCUT2D eigenvalue weighted by atomic mass is 9.83. The second-order valence-corrected chi connectivity index (χ2v) is 8.44. The minimum atomic E-state index is 0.188. The summed E-state index contributed by atoms with van der Waals surface area (Å²) in [5.74, 6) is 0.423. The predicted octanol–water partition coefficient (Wildman–Crippen LogP) is 3.12. The molecule has 1 saturated carbocycles. The van der Waals surface area contributed by atoms with Gasteiger partial charge in [0, 0.05) is 32.2 Å². The van der Waals surface area contributed by atoms with E-state index in [0.29, 0.717) is 6.10 Å². The number of piperidine rings is 1. The molecule has 2 aliphatic heterocycles. The number of hydrogen-bond donors (Lipinski definition) is 1. The van der Waals surface area contributed by atoms with Crippen LogP contribution in [-0.2, 0) is 14.3 Å². The first kappa shape index (κ1) is 20.1. The van der Waals surface area contributed by atoms with Gasteiger partial charge in [-0.3, -0.25) is 4.79 Å². The zero-order valence-corrected chi connectivity index (χ0v) is 16.6. The Balaban J connectivity index is 1.31. The molecule has 2 heterocycles. The summed E-state index contributed by atoms with van der Waals surface area (Å²) in [7, 11) is 0. The molecule has 3 aliphatic rings. The molecule has 150 valence electrons. The van der Waals surface area contributed by atoms with Crippen LogP contribution in [0.15, 0.2) is 0 Å². The summed E-state index contributed by atoms with van der Waals surface area (Å²) in [6.45, 7) is 7.34. The van der Waals surface area contributed by atoms with Crippen molar-refractivity contribution < 1.29 is 14.3 Å². The third kappa shape index (κ3) is 5.67. The molecule has 1 amide bonds. The molecule has 0 aromatic rings. The van der Waals surface area contributed by atoms with Gasteiger partial charge >= 0.3 is 0 Å². The van der Waals surface area contributed by atoms with E-state index in [2.05, 4.69) is 10.2 Å². The highest BCUT2D eigenvalue weighted by molar-refractivity contribution is 5.78. The zero-order chi connectivity index (χ0) is 18.2. The average Bonchev–Trinajstić information content (AvgIpc) is 3.04. The van der Waals surface area contributed by atoms with E-state index < -0.39 is 0 Å². The van der Waals surface area contributed by atoms with Gasteiger partial charge < -0.3 is 19.7 Å². The predicted molar refractivity (Wildman–Crippen MR) is 103 cm³/mol. The Morgan fingerprint density at radius 3 is 2.65 bits per heavy atom. The fourth-order valence-corrected chi connectivity index (χ4v) is 4.93. The highest BCUT2D eigenvalue weighted by Gasteiger charge is 2.41. The van der Waals surface area contributed by atoms with Crippen LogP contribution >= 0.6 is 0 Å². The van der Waals surface area contributed by atoms with E-state index in [1.807, 2.05) is 6.92 Å². The quantitative estimate of drug-likeness (QED) is 0.671. The fraction of sp³-hybridized carbons (Fsp3) is 0.952. The van der Waals surface area contributed by atoms with E-state index in [1.165, 1.54) is 44.9 Å². The van der Waals surface area contributed by atoms with Gasteiger partial charge in [-0.2, -0.15) is 0 Å². The van der Waals surface area contributed by atoms with Crippen molar-refractivity contribution in [1.82, 2.24) is 10.2 Å². The number of nitrogens with one attached hydrogen (secondary N) is 1. The molecule has 1 spiro atoms. The van der Waals surface area contributed by atoms with Gasteiger partial charge in [0.15, 0.2) is 0 Å². The van der Waals surface area contributed by atoms with Gasteiger partial charge in [0.05, 0.1) is 11.7 Å².